The minimum Gasteiger partial charge on any atom is -0.496 e. The third-order valence-electron chi connectivity index (χ3n) is 4.76. The summed E-state index contributed by atoms with van der Waals surface area (Å²) in [5.74, 6) is 0.456. The van der Waals surface area contributed by atoms with Crippen LogP contribution in [-0.2, 0) is 0 Å². The summed E-state index contributed by atoms with van der Waals surface area (Å²) in [7, 11) is 1.57. The number of hydrogen-bond acceptors (Lipinski definition) is 5. The van der Waals surface area contributed by atoms with Gasteiger partial charge in [-0.25, -0.2) is 9.37 Å². The molecule has 1 aliphatic rings. The van der Waals surface area contributed by atoms with Gasteiger partial charge in [-0.15, -0.1) is 0 Å². The van der Waals surface area contributed by atoms with E-state index in [-0.39, 0.29) is 11.9 Å². The van der Waals surface area contributed by atoms with Gasteiger partial charge in [0.1, 0.15) is 11.6 Å². The maximum atomic E-state index is 13.8. The van der Waals surface area contributed by atoms with Crippen LogP contribution in [0, 0.1) is 5.82 Å². The van der Waals surface area contributed by atoms with Gasteiger partial charge in [-0.3, -0.25) is 9.89 Å². The van der Waals surface area contributed by atoms with Gasteiger partial charge < -0.3 is 15.4 Å². The van der Waals surface area contributed by atoms with Crippen molar-refractivity contribution in [3.63, 3.8) is 0 Å². The first kappa shape index (κ1) is 16.3. The lowest BCUT2D eigenvalue weighted by Gasteiger charge is -2.26. The second-order valence-electron chi connectivity index (χ2n) is 6.27. The number of benzene rings is 1. The van der Waals surface area contributed by atoms with E-state index in [2.05, 4.69) is 20.1 Å². The zero-order valence-electron chi connectivity index (χ0n) is 14.2. The van der Waals surface area contributed by atoms with E-state index in [0.29, 0.717) is 28.2 Å². The quantitative estimate of drug-likeness (QED) is 0.750. The molecule has 26 heavy (non-hydrogen) atoms. The fourth-order valence-corrected chi connectivity index (χ4v) is 3.55. The number of anilines is 1. The Kier molecular flexibility index (Phi) is 3.95. The number of carbonyl (C=O) groups excluding carboxylic acids is 1. The van der Waals surface area contributed by atoms with Crippen LogP contribution in [0.5, 0.6) is 5.75 Å². The highest BCUT2D eigenvalue weighted by Crippen LogP contribution is 2.41. The van der Waals surface area contributed by atoms with Crippen molar-refractivity contribution in [2.45, 2.75) is 18.9 Å². The zero-order chi connectivity index (χ0) is 18.3. The molecule has 0 bridgehead atoms. The molecule has 3 N–H and O–H groups in total. The molecular formula is C18H18FN5O2. The first-order valence-electron chi connectivity index (χ1n) is 8.32. The van der Waals surface area contributed by atoms with Crippen molar-refractivity contribution in [1.29, 1.82) is 0 Å². The van der Waals surface area contributed by atoms with Crippen molar-refractivity contribution in [3.8, 4) is 5.75 Å². The molecule has 0 unspecified atom stereocenters. The minimum absolute atomic E-state index is 0.0793. The summed E-state index contributed by atoms with van der Waals surface area (Å²) < 4.78 is 19.3. The summed E-state index contributed by atoms with van der Waals surface area (Å²) in [5, 5.41) is 7.98. The zero-order valence-corrected chi connectivity index (χ0v) is 14.2. The Bertz CT molecular complexity index is 987. The molecule has 3 aromatic rings. The summed E-state index contributed by atoms with van der Waals surface area (Å²) in [4.78, 5) is 17.8. The average molecular weight is 355 g/mol. The van der Waals surface area contributed by atoms with E-state index in [0.717, 1.165) is 24.9 Å². The molecule has 1 atom stereocenters. The number of H-pyrrole nitrogens is 1. The highest BCUT2D eigenvalue weighted by atomic mass is 19.1. The largest absolute Gasteiger partial charge is 0.496 e. The van der Waals surface area contributed by atoms with E-state index in [9.17, 15) is 9.18 Å². The van der Waals surface area contributed by atoms with Gasteiger partial charge in [-0.2, -0.15) is 5.10 Å². The van der Waals surface area contributed by atoms with Crippen molar-refractivity contribution in [3.05, 3.63) is 47.4 Å². The number of aromatic nitrogens is 3. The van der Waals surface area contributed by atoms with E-state index >= 15 is 0 Å². The number of aromatic amines is 1. The summed E-state index contributed by atoms with van der Waals surface area (Å²) in [6.07, 6.45) is 3.20. The Morgan fingerprint density at radius 2 is 2.27 bits per heavy atom. The molecule has 0 spiro atoms. The molecule has 0 aliphatic carbocycles. The standard InChI is InChI=1S/C18H18FN5O2/c1-26-15-5-4-11(19)8-12(15)14-3-2-6-24(14)18-13-7-10(16(20)25)9-21-17(13)22-23-18/h4-5,7-9,14H,2-3,6H2,1H3,(H2,20,25)(H,21,22,23)/t14-/m1/s1. The second kappa shape index (κ2) is 6.29. The molecule has 1 amide bonds. The molecule has 1 fully saturated rings. The van der Waals surface area contributed by atoms with Crippen LogP contribution in [0.2, 0.25) is 0 Å². The fraction of sp³-hybridized carbons (Fsp3) is 0.278. The third kappa shape index (κ3) is 2.63. The molecule has 8 heteroatoms. The smallest absolute Gasteiger partial charge is 0.250 e. The van der Waals surface area contributed by atoms with Crippen LogP contribution in [0.25, 0.3) is 11.0 Å². The van der Waals surface area contributed by atoms with Crippen LogP contribution in [0.4, 0.5) is 10.2 Å². The first-order valence-corrected chi connectivity index (χ1v) is 8.32. The number of fused-ring (bicyclic) bond motifs is 1. The number of nitrogens with zero attached hydrogens (tertiary/aromatic N) is 3. The Morgan fingerprint density at radius 1 is 1.42 bits per heavy atom. The molecule has 1 saturated heterocycles. The molecule has 1 aliphatic heterocycles. The lowest BCUT2D eigenvalue weighted by atomic mass is 10.0. The fourth-order valence-electron chi connectivity index (χ4n) is 3.55. The number of nitrogens with two attached hydrogens (primary N) is 1. The molecule has 0 radical (unpaired) electrons. The molecule has 2 aromatic heterocycles. The van der Waals surface area contributed by atoms with Gasteiger partial charge in [0.25, 0.3) is 0 Å². The van der Waals surface area contributed by atoms with Gasteiger partial charge >= 0.3 is 0 Å². The number of pyridine rings is 1. The Morgan fingerprint density at radius 3 is 3.04 bits per heavy atom. The van der Waals surface area contributed by atoms with Crippen LogP contribution in [-0.4, -0.2) is 34.7 Å². The van der Waals surface area contributed by atoms with Gasteiger partial charge in [0, 0.05) is 18.3 Å². The maximum absolute atomic E-state index is 13.8. The number of nitrogens with one attached hydrogen (secondary N) is 1. The van der Waals surface area contributed by atoms with Crippen molar-refractivity contribution in [1.82, 2.24) is 15.2 Å². The van der Waals surface area contributed by atoms with Crippen LogP contribution in [0.1, 0.15) is 34.8 Å². The summed E-state index contributed by atoms with van der Waals surface area (Å²) in [6, 6.07) is 6.13. The van der Waals surface area contributed by atoms with Gasteiger partial charge in [0.2, 0.25) is 5.91 Å². The monoisotopic (exact) mass is 355 g/mol. The number of rotatable bonds is 4. The van der Waals surface area contributed by atoms with Crippen molar-refractivity contribution >= 4 is 22.8 Å². The molecule has 7 nitrogen and oxygen atoms in total. The number of methoxy groups -OCH3 is 1. The number of hydrogen-bond donors (Lipinski definition) is 2. The topological polar surface area (TPSA) is 97.1 Å². The van der Waals surface area contributed by atoms with E-state index in [1.54, 1.807) is 19.2 Å². The molecular weight excluding hydrogens is 337 g/mol. The number of ether oxygens (including phenoxy) is 1. The van der Waals surface area contributed by atoms with Gasteiger partial charge in [0.05, 0.1) is 24.1 Å². The number of carbonyl (C=O) groups is 1. The summed E-state index contributed by atoms with van der Waals surface area (Å²) >= 11 is 0. The Labute approximate surface area is 149 Å². The Hall–Kier alpha value is -3.16. The van der Waals surface area contributed by atoms with Crippen LogP contribution in [0.3, 0.4) is 0 Å². The van der Waals surface area contributed by atoms with E-state index in [1.807, 2.05) is 0 Å². The third-order valence-corrected chi connectivity index (χ3v) is 4.76. The summed E-state index contributed by atoms with van der Waals surface area (Å²) in [5.41, 5.74) is 7.04. The maximum Gasteiger partial charge on any atom is 0.250 e. The number of halogens is 1. The van der Waals surface area contributed by atoms with E-state index in [1.165, 1.54) is 18.3 Å². The molecule has 3 heterocycles. The lowest BCUT2D eigenvalue weighted by Crippen LogP contribution is -2.23. The van der Waals surface area contributed by atoms with E-state index in [4.69, 9.17) is 10.5 Å². The Balaban J connectivity index is 1.80. The number of primary amides is 1. The molecule has 134 valence electrons. The van der Waals surface area contributed by atoms with E-state index < -0.39 is 5.91 Å². The first-order chi connectivity index (χ1) is 12.6. The minimum atomic E-state index is -0.545. The predicted molar refractivity (Wildman–Crippen MR) is 94.7 cm³/mol. The normalized spacial score (nSPS) is 17.0. The van der Waals surface area contributed by atoms with Crippen molar-refractivity contribution in [2.75, 3.05) is 18.6 Å². The highest BCUT2D eigenvalue weighted by Gasteiger charge is 2.31. The van der Waals surface area contributed by atoms with Gasteiger partial charge in [-0.05, 0) is 37.1 Å². The van der Waals surface area contributed by atoms with Crippen molar-refractivity contribution < 1.29 is 13.9 Å². The van der Waals surface area contributed by atoms with Crippen LogP contribution < -0.4 is 15.4 Å². The highest BCUT2D eigenvalue weighted by molar-refractivity contribution is 5.98. The SMILES string of the molecule is COc1ccc(F)cc1[C@H]1CCCN1c1n[nH]c2ncc(C(N)=O)cc12. The lowest BCUT2D eigenvalue weighted by molar-refractivity contribution is 0.1000. The average Bonchev–Trinajstić information content (AvgIpc) is 3.27. The van der Waals surface area contributed by atoms with Crippen molar-refractivity contribution in [2.24, 2.45) is 5.73 Å². The number of amides is 1. The predicted octanol–water partition coefficient (Wildman–Crippen LogP) is 2.55. The molecule has 1 aromatic carbocycles. The molecule has 4 rings (SSSR count). The van der Waals surface area contributed by atoms with Crippen LogP contribution in [0.15, 0.2) is 30.5 Å². The van der Waals surface area contributed by atoms with Gasteiger partial charge in [-0.1, -0.05) is 0 Å². The van der Waals surface area contributed by atoms with Gasteiger partial charge in [0.15, 0.2) is 11.5 Å². The second-order valence-corrected chi connectivity index (χ2v) is 6.27. The molecule has 0 saturated carbocycles. The van der Waals surface area contributed by atoms with Crippen LogP contribution >= 0.6 is 0 Å². The summed E-state index contributed by atoms with van der Waals surface area (Å²) in [6.45, 7) is 0.755.